The highest BCUT2D eigenvalue weighted by atomic mass is 35.5. The third kappa shape index (κ3) is 5.02. The number of aromatic nitrogens is 1. The van der Waals surface area contributed by atoms with Crippen LogP contribution in [0.1, 0.15) is 22.4 Å². The Bertz CT molecular complexity index is 1190. The summed E-state index contributed by atoms with van der Waals surface area (Å²) in [6, 6.07) is 22.3. The highest BCUT2D eigenvalue weighted by Crippen LogP contribution is 2.29. The van der Waals surface area contributed by atoms with Gasteiger partial charge in [0.2, 0.25) is 0 Å². The van der Waals surface area contributed by atoms with Gasteiger partial charge < -0.3 is 14.6 Å². The molecule has 1 N–H and O–H groups in total. The lowest BCUT2D eigenvalue weighted by Crippen LogP contribution is -2.14. The number of benzene rings is 3. The zero-order chi connectivity index (χ0) is 21.1. The fraction of sp³-hybridized carbons (Fsp3) is 0.200. The van der Waals surface area contributed by atoms with Gasteiger partial charge in [-0.25, -0.2) is 0 Å². The second kappa shape index (κ2) is 10.4. The quantitative estimate of drug-likeness (QED) is 0.311. The van der Waals surface area contributed by atoms with Crippen LogP contribution in [0.5, 0.6) is 5.75 Å². The molecule has 0 spiro atoms. The summed E-state index contributed by atoms with van der Waals surface area (Å²) in [6.45, 7) is 4.39. The van der Waals surface area contributed by atoms with E-state index in [1.54, 1.807) is 13.2 Å². The molecule has 31 heavy (non-hydrogen) atoms. The van der Waals surface area contributed by atoms with Gasteiger partial charge in [0.05, 0.1) is 7.11 Å². The number of para-hydroxylation sites is 2. The van der Waals surface area contributed by atoms with E-state index < -0.39 is 0 Å². The maximum atomic E-state index is 6.45. The molecule has 0 amide bonds. The lowest BCUT2D eigenvalue weighted by molar-refractivity contribution is 0.407. The first-order valence-corrected chi connectivity index (χ1v) is 10.7. The van der Waals surface area contributed by atoms with Crippen LogP contribution in [-0.2, 0) is 19.6 Å². The van der Waals surface area contributed by atoms with Gasteiger partial charge in [0.1, 0.15) is 5.75 Å². The first-order valence-electron chi connectivity index (χ1n) is 9.91. The zero-order valence-electron chi connectivity index (χ0n) is 17.5. The Hall–Kier alpha value is -2.17. The van der Waals surface area contributed by atoms with E-state index in [0.717, 1.165) is 30.0 Å². The first-order chi connectivity index (χ1) is 14.6. The highest BCUT2D eigenvalue weighted by molar-refractivity contribution is 6.35. The number of nitrogens with one attached hydrogen (secondary N) is 1. The standard InChI is InChI=1S/C25H24Cl2N2O.ClH/c1-17-22(15-28-14-18-7-3-6-10-25(18)30-2)21-8-4-5-9-24(21)29(17)16-19-11-12-20(26)13-23(19)27;/h3-13,28H,14-16H2,1-2H3;1H. The van der Waals surface area contributed by atoms with Crippen LogP contribution in [0.2, 0.25) is 10.0 Å². The molecule has 0 atom stereocenters. The van der Waals surface area contributed by atoms with Gasteiger partial charge in [0.15, 0.2) is 0 Å². The molecule has 0 aliphatic heterocycles. The summed E-state index contributed by atoms with van der Waals surface area (Å²) in [5, 5.41) is 6.18. The number of halogens is 3. The molecule has 0 bridgehead atoms. The molecular weight excluding hydrogens is 451 g/mol. The summed E-state index contributed by atoms with van der Waals surface area (Å²) in [6.07, 6.45) is 0. The minimum atomic E-state index is 0. The Morgan fingerprint density at radius 2 is 1.65 bits per heavy atom. The molecule has 3 nitrogen and oxygen atoms in total. The zero-order valence-corrected chi connectivity index (χ0v) is 19.8. The van der Waals surface area contributed by atoms with E-state index in [0.29, 0.717) is 16.6 Å². The SMILES string of the molecule is COc1ccccc1CNCc1c(C)n(Cc2ccc(Cl)cc2Cl)c2ccccc12.Cl. The molecule has 1 aromatic heterocycles. The van der Waals surface area contributed by atoms with Crippen LogP contribution in [0.15, 0.2) is 66.7 Å². The first kappa shape index (κ1) is 23.5. The third-order valence-corrected chi connectivity index (χ3v) is 6.10. The topological polar surface area (TPSA) is 26.2 Å². The Kier molecular flexibility index (Phi) is 7.90. The summed E-state index contributed by atoms with van der Waals surface area (Å²) in [5.74, 6) is 0.904. The Balaban J connectivity index is 0.00000272. The van der Waals surface area contributed by atoms with Crippen LogP contribution in [0.3, 0.4) is 0 Å². The summed E-state index contributed by atoms with van der Waals surface area (Å²) in [7, 11) is 1.71. The van der Waals surface area contributed by atoms with E-state index in [9.17, 15) is 0 Å². The van der Waals surface area contributed by atoms with Crippen molar-refractivity contribution < 1.29 is 4.74 Å². The summed E-state index contributed by atoms with van der Waals surface area (Å²) in [4.78, 5) is 0. The number of methoxy groups -OCH3 is 1. The molecule has 3 aromatic carbocycles. The maximum absolute atomic E-state index is 6.45. The van der Waals surface area contributed by atoms with Crippen LogP contribution < -0.4 is 10.1 Å². The summed E-state index contributed by atoms with van der Waals surface area (Å²) in [5.41, 5.74) is 5.93. The van der Waals surface area contributed by atoms with Crippen molar-refractivity contribution >= 4 is 46.5 Å². The maximum Gasteiger partial charge on any atom is 0.123 e. The summed E-state index contributed by atoms with van der Waals surface area (Å²) >= 11 is 12.5. The molecule has 0 saturated carbocycles. The van der Waals surface area contributed by atoms with Crippen molar-refractivity contribution in [3.05, 3.63) is 99.2 Å². The van der Waals surface area contributed by atoms with Crippen molar-refractivity contribution in [1.29, 1.82) is 0 Å². The number of nitrogens with zero attached hydrogens (tertiary/aromatic N) is 1. The smallest absolute Gasteiger partial charge is 0.123 e. The molecule has 0 unspecified atom stereocenters. The number of fused-ring (bicyclic) bond motifs is 1. The largest absolute Gasteiger partial charge is 0.496 e. The molecule has 0 fully saturated rings. The summed E-state index contributed by atoms with van der Waals surface area (Å²) < 4.78 is 7.79. The van der Waals surface area contributed by atoms with Crippen molar-refractivity contribution in [2.24, 2.45) is 0 Å². The lowest BCUT2D eigenvalue weighted by Gasteiger charge is -2.12. The van der Waals surface area contributed by atoms with Crippen LogP contribution in [0, 0.1) is 6.92 Å². The molecular formula is C25H25Cl3N2O. The minimum Gasteiger partial charge on any atom is -0.496 e. The number of hydrogen-bond acceptors (Lipinski definition) is 2. The number of ether oxygens (including phenoxy) is 1. The third-order valence-electron chi connectivity index (χ3n) is 5.51. The van der Waals surface area contributed by atoms with Crippen LogP contribution in [0.25, 0.3) is 10.9 Å². The highest BCUT2D eigenvalue weighted by Gasteiger charge is 2.15. The van der Waals surface area contributed by atoms with E-state index in [2.05, 4.69) is 47.1 Å². The Morgan fingerprint density at radius 3 is 2.42 bits per heavy atom. The van der Waals surface area contributed by atoms with Gasteiger partial charge in [-0.1, -0.05) is 65.7 Å². The Morgan fingerprint density at radius 1 is 0.903 bits per heavy atom. The van der Waals surface area contributed by atoms with Gasteiger partial charge >= 0.3 is 0 Å². The van der Waals surface area contributed by atoms with Gasteiger partial charge in [0, 0.05) is 51.8 Å². The molecule has 1 heterocycles. The fourth-order valence-corrected chi connectivity index (χ4v) is 4.39. The molecule has 0 saturated heterocycles. The monoisotopic (exact) mass is 474 g/mol. The van der Waals surface area contributed by atoms with Crippen molar-refractivity contribution in [1.82, 2.24) is 9.88 Å². The van der Waals surface area contributed by atoms with E-state index in [-0.39, 0.29) is 12.4 Å². The van der Waals surface area contributed by atoms with Crippen LogP contribution >= 0.6 is 35.6 Å². The average molecular weight is 476 g/mol. The minimum absolute atomic E-state index is 0. The normalized spacial score (nSPS) is 10.8. The molecule has 0 radical (unpaired) electrons. The fourth-order valence-electron chi connectivity index (χ4n) is 3.92. The lowest BCUT2D eigenvalue weighted by atomic mass is 10.1. The Labute approximate surface area is 199 Å². The molecule has 6 heteroatoms. The van der Waals surface area contributed by atoms with Crippen molar-refractivity contribution in [3.8, 4) is 5.75 Å². The number of hydrogen-bond donors (Lipinski definition) is 1. The van der Waals surface area contributed by atoms with Gasteiger partial charge in [-0.3, -0.25) is 0 Å². The van der Waals surface area contributed by atoms with Gasteiger partial charge in [-0.2, -0.15) is 0 Å². The van der Waals surface area contributed by atoms with Gasteiger partial charge in [0.25, 0.3) is 0 Å². The van der Waals surface area contributed by atoms with Crippen molar-refractivity contribution in [3.63, 3.8) is 0 Å². The van der Waals surface area contributed by atoms with E-state index in [1.807, 2.05) is 30.3 Å². The number of rotatable bonds is 7. The second-order valence-electron chi connectivity index (χ2n) is 7.32. The van der Waals surface area contributed by atoms with E-state index in [4.69, 9.17) is 27.9 Å². The van der Waals surface area contributed by atoms with Gasteiger partial charge in [-0.15, -0.1) is 12.4 Å². The second-order valence-corrected chi connectivity index (χ2v) is 8.16. The molecule has 4 aromatic rings. The van der Waals surface area contributed by atoms with E-state index in [1.165, 1.54) is 22.2 Å². The molecule has 162 valence electrons. The van der Waals surface area contributed by atoms with E-state index >= 15 is 0 Å². The van der Waals surface area contributed by atoms with Crippen LogP contribution in [-0.4, -0.2) is 11.7 Å². The van der Waals surface area contributed by atoms with Gasteiger partial charge in [-0.05, 0) is 42.3 Å². The van der Waals surface area contributed by atoms with Crippen LogP contribution in [0.4, 0.5) is 0 Å². The molecule has 0 aliphatic rings. The van der Waals surface area contributed by atoms with Crippen molar-refractivity contribution in [2.45, 2.75) is 26.6 Å². The average Bonchev–Trinajstić information content (AvgIpc) is 3.02. The van der Waals surface area contributed by atoms with Crippen molar-refractivity contribution in [2.75, 3.05) is 7.11 Å². The predicted octanol–water partition coefficient (Wildman–Crippen LogP) is 7.03. The molecule has 4 rings (SSSR count). The molecule has 0 aliphatic carbocycles. The predicted molar refractivity (Wildman–Crippen MR) is 133 cm³/mol.